The maximum absolute atomic E-state index is 12.4. The Bertz CT molecular complexity index is 603. The van der Waals surface area contributed by atoms with Crippen LogP contribution in [0.2, 0.25) is 0 Å². The zero-order valence-electron chi connectivity index (χ0n) is 12.2. The van der Waals surface area contributed by atoms with Gasteiger partial charge in [0.2, 0.25) is 10.0 Å². The Morgan fingerprint density at radius 3 is 2.43 bits per heavy atom. The lowest BCUT2D eigenvalue weighted by atomic mass is 9.83. The summed E-state index contributed by atoms with van der Waals surface area (Å²) in [5, 5.41) is 9.75. The van der Waals surface area contributed by atoms with E-state index in [-0.39, 0.29) is 16.7 Å². The Hall–Kier alpha value is -1.11. The van der Waals surface area contributed by atoms with E-state index in [2.05, 4.69) is 16.7 Å². The van der Waals surface area contributed by atoms with Crippen molar-refractivity contribution in [3.05, 3.63) is 24.3 Å². The van der Waals surface area contributed by atoms with Gasteiger partial charge >= 0.3 is 0 Å². The van der Waals surface area contributed by atoms with E-state index in [0.29, 0.717) is 12.1 Å². The zero-order chi connectivity index (χ0) is 15.0. The SMILES string of the molecule is CN1C2CCCC1CC(NS(=O)(=O)c1ccccc1O)C2. The molecule has 1 aromatic carbocycles. The Morgan fingerprint density at radius 1 is 1.19 bits per heavy atom. The average molecular weight is 310 g/mol. The van der Waals surface area contributed by atoms with Crippen molar-refractivity contribution in [2.75, 3.05) is 7.05 Å². The van der Waals surface area contributed by atoms with E-state index in [0.717, 1.165) is 25.7 Å². The highest BCUT2D eigenvalue weighted by molar-refractivity contribution is 7.89. The molecule has 2 aliphatic rings. The van der Waals surface area contributed by atoms with Gasteiger partial charge in [-0.1, -0.05) is 18.6 Å². The molecule has 0 saturated carbocycles. The number of hydrogen-bond acceptors (Lipinski definition) is 4. The second kappa shape index (κ2) is 5.59. The van der Waals surface area contributed by atoms with Crippen molar-refractivity contribution in [2.45, 2.75) is 55.1 Å². The molecule has 1 aromatic rings. The number of aromatic hydroxyl groups is 1. The van der Waals surface area contributed by atoms with Gasteiger partial charge in [0, 0.05) is 18.1 Å². The molecule has 3 rings (SSSR count). The zero-order valence-corrected chi connectivity index (χ0v) is 13.0. The Morgan fingerprint density at radius 2 is 1.81 bits per heavy atom. The highest BCUT2D eigenvalue weighted by Gasteiger charge is 2.37. The van der Waals surface area contributed by atoms with Crippen LogP contribution in [-0.2, 0) is 10.0 Å². The van der Waals surface area contributed by atoms with E-state index in [4.69, 9.17) is 0 Å². The summed E-state index contributed by atoms with van der Waals surface area (Å²) in [5.74, 6) is -0.196. The Kier molecular flexibility index (Phi) is 3.94. The fourth-order valence-corrected chi connectivity index (χ4v) is 5.04. The summed E-state index contributed by atoms with van der Waals surface area (Å²) >= 11 is 0. The topological polar surface area (TPSA) is 69.6 Å². The van der Waals surface area contributed by atoms with Crippen LogP contribution >= 0.6 is 0 Å². The number of nitrogens with one attached hydrogen (secondary N) is 1. The Labute approximate surface area is 126 Å². The predicted molar refractivity (Wildman–Crippen MR) is 80.6 cm³/mol. The molecular weight excluding hydrogens is 288 g/mol. The largest absolute Gasteiger partial charge is 0.507 e. The van der Waals surface area contributed by atoms with E-state index in [1.54, 1.807) is 12.1 Å². The van der Waals surface area contributed by atoms with Crippen LogP contribution in [0.3, 0.4) is 0 Å². The molecule has 2 N–H and O–H groups in total. The summed E-state index contributed by atoms with van der Waals surface area (Å²) in [4.78, 5) is 2.36. The Balaban J connectivity index is 1.76. The summed E-state index contributed by atoms with van der Waals surface area (Å²) in [6.45, 7) is 0. The van der Waals surface area contributed by atoms with E-state index in [1.807, 2.05) is 0 Å². The molecule has 0 radical (unpaired) electrons. The van der Waals surface area contributed by atoms with Gasteiger partial charge in [-0.25, -0.2) is 13.1 Å². The van der Waals surface area contributed by atoms with E-state index in [9.17, 15) is 13.5 Å². The van der Waals surface area contributed by atoms with E-state index in [1.165, 1.54) is 18.6 Å². The first-order chi connectivity index (χ1) is 9.97. The highest BCUT2D eigenvalue weighted by Crippen LogP contribution is 2.33. The number of fused-ring (bicyclic) bond motifs is 2. The molecule has 2 bridgehead atoms. The van der Waals surface area contributed by atoms with Crippen molar-refractivity contribution in [1.29, 1.82) is 0 Å². The second-order valence-corrected chi connectivity index (χ2v) is 7.84. The lowest BCUT2D eigenvalue weighted by Gasteiger charge is -2.47. The molecule has 0 amide bonds. The van der Waals surface area contributed by atoms with Crippen LogP contribution in [-0.4, -0.2) is 43.6 Å². The van der Waals surface area contributed by atoms with Gasteiger partial charge in [-0.3, -0.25) is 0 Å². The smallest absolute Gasteiger partial charge is 0.244 e. The number of nitrogens with zero attached hydrogens (tertiary/aromatic N) is 1. The number of piperidine rings is 2. The van der Waals surface area contributed by atoms with Gasteiger partial charge < -0.3 is 10.0 Å². The van der Waals surface area contributed by atoms with Crippen molar-refractivity contribution < 1.29 is 13.5 Å². The van der Waals surface area contributed by atoms with Crippen molar-refractivity contribution in [2.24, 2.45) is 0 Å². The number of para-hydroxylation sites is 1. The normalized spacial score (nSPS) is 30.2. The number of benzene rings is 1. The standard InChI is InChI=1S/C15H22N2O3S/c1-17-12-5-4-6-13(17)10-11(9-12)16-21(19,20)15-8-3-2-7-14(15)18/h2-3,7-8,11-13,16,18H,4-6,9-10H2,1H3. The number of sulfonamides is 1. The molecule has 0 aromatic heterocycles. The molecule has 2 aliphatic heterocycles. The first-order valence-corrected chi connectivity index (χ1v) is 8.98. The fourth-order valence-electron chi connectivity index (χ4n) is 3.68. The van der Waals surface area contributed by atoms with Crippen molar-refractivity contribution in [1.82, 2.24) is 9.62 Å². The first-order valence-electron chi connectivity index (χ1n) is 7.49. The summed E-state index contributed by atoms with van der Waals surface area (Å²) in [5.41, 5.74) is 0. The summed E-state index contributed by atoms with van der Waals surface area (Å²) in [7, 11) is -1.52. The van der Waals surface area contributed by atoms with Crippen molar-refractivity contribution >= 4 is 10.0 Å². The number of phenols is 1. The van der Waals surface area contributed by atoms with Crippen LogP contribution in [0.1, 0.15) is 32.1 Å². The quantitative estimate of drug-likeness (QED) is 0.891. The van der Waals surface area contributed by atoms with Crippen LogP contribution in [0.5, 0.6) is 5.75 Å². The highest BCUT2D eigenvalue weighted by atomic mass is 32.2. The molecule has 2 saturated heterocycles. The van der Waals surface area contributed by atoms with Crippen LogP contribution in [0.25, 0.3) is 0 Å². The lowest BCUT2D eigenvalue weighted by Crippen LogP contribution is -2.55. The average Bonchev–Trinajstić information content (AvgIpc) is 2.40. The molecule has 21 heavy (non-hydrogen) atoms. The third-order valence-corrected chi connectivity index (χ3v) is 6.38. The summed E-state index contributed by atoms with van der Waals surface area (Å²) < 4.78 is 27.7. The van der Waals surface area contributed by atoms with Crippen molar-refractivity contribution in [3.63, 3.8) is 0 Å². The van der Waals surface area contributed by atoms with Crippen molar-refractivity contribution in [3.8, 4) is 5.75 Å². The molecule has 0 aliphatic carbocycles. The molecule has 0 spiro atoms. The van der Waals surface area contributed by atoms with Crippen LogP contribution in [0.15, 0.2) is 29.2 Å². The molecular formula is C15H22N2O3S. The minimum absolute atomic E-state index is 0.0333. The van der Waals surface area contributed by atoms with Gasteiger partial charge in [0.05, 0.1) is 0 Å². The van der Waals surface area contributed by atoms with Crippen LogP contribution < -0.4 is 4.72 Å². The summed E-state index contributed by atoms with van der Waals surface area (Å²) in [6.07, 6.45) is 5.21. The molecule has 116 valence electrons. The minimum atomic E-state index is -3.66. The van der Waals surface area contributed by atoms with Gasteiger partial charge in [-0.05, 0) is 44.9 Å². The lowest BCUT2D eigenvalue weighted by molar-refractivity contribution is 0.0536. The molecule has 2 heterocycles. The molecule has 2 fully saturated rings. The number of hydrogen-bond donors (Lipinski definition) is 2. The third kappa shape index (κ3) is 2.93. The maximum Gasteiger partial charge on any atom is 0.244 e. The molecule has 6 heteroatoms. The maximum atomic E-state index is 12.4. The summed E-state index contributed by atoms with van der Waals surface area (Å²) in [6, 6.07) is 6.97. The van der Waals surface area contributed by atoms with E-state index >= 15 is 0 Å². The molecule has 5 nitrogen and oxygen atoms in total. The van der Waals surface area contributed by atoms with Gasteiger partial charge in [0.1, 0.15) is 10.6 Å². The molecule has 2 unspecified atom stereocenters. The first kappa shape index (κ1) is 14.8. The number of rotatable bonds is 3. The predicted octanol–water partition coefficient (Wildman–Crippen LogP) is 1.69. The molecule has 2 atom stereocenters. The minimum Gasteiger partial charge on any atom is -0.507 e. The van der Waals surface area contributed by atoms with Crippen LogP contribution in [0, 0.1) is 0 Å². The van der Waals surface area contributed by atoms with Gasteiger partial charge in [0.25, 0.3) is 0 Å². The fraction of sp³-hybridized carbons (Fsp3) is 0.600. The van der Waals surface area contributed by atoms with E-state index < -0.39 is 10.0 Å². The monoisotopic (exact) mass is 310 g/mol. The van der Waals surface area contributed by atoms with Gasteiger partial charge in [-0.15, -0.1) is 0 Å². The van der Waals surface area contributed by atoms with Gasteiger partial charge in [0.15, 0.2) is 0 Å². The van der Waals surface area contributed by atoms with Gasteiger partial charge in [-0.2, -0.15) is 0 Å². The number of phenolic OH excluding ortho intramolecular Hbond substituents is 1. The second-order valence-electron chi connectivity index (χ2n) is 6.16. The third-order valence-electron chi connectivity index (χ3n) is 4.82. The van der Waals surface area contributed by atoms with Crippen LogP contribution in [0.4, 0.5) is 0 Å².